The lowest BCUT2D eigenvalue weighted by Gasteiger charge is -2.06. The van der Waals surface area contributed by atoms with E-state index in [1.54, 1.807) is 11.0 Å². The number of carbonyl (C=O) groups is 1. The van der Waals surface area contributed by atoms with E-state index in [2.05, 4.69) is 15.4 Å². The van der Waals surface area contributed by atoms with Crippen LogP contribution < -0.4 is 5.32 Å². The van der Waals surface area contributed by atoms with E-state index in [1.165, 1.54) is 6.33 Å². The van der Waals surface area contributed by atoms with E-state index < -0.39 is 0 Å². The third kappa shape index (κ3) is 4.66. The Morgan fingerprint density at radius 1 is 1.25 bits per heavy atom. The molecule has 0 aliphatic heterocycles. The Labute approximate surface area is 123 Å². The maximum Gasteiger partial charge on any atom is 0.224 e. The fourth-order valence-corrected chi connectivity index (χ4v) is 1.99. The van der Waals surface area contributed by atoms with Gasteiger partial charge in [-0.05, 0) is 30.5 Å². The van der Waals surface area contributed by atoms with Gasteiger partial charge in [0.15, 0.2) is 0 Å². The summed E-state index contributed by atoms with van der Waals surface area (Å²) in [6.45, 7) is 0.671. The van der Waals surface area contributed by atoms with Crippen molar-refractivity contribution in [3.8, 4) is 0 Å². The van der Waals surface area contributed by atoms with Crippen LogP contribution in [0, 0.1) is 0 Å². The monoisotopic (exact) mass is 292 g/mol. The molecule has 106 valence electrons. The van der Waals surface area contributed by atoms with Crippen molar-refractivity contribution in [2.45, 2.75) is 25.8 Å². The average Bonchev–Trinajstić information content (AvgIpc) is 2.94. The fourth-order valence-electron chi connectivity index (χ4n) is 1.80. The first kappa shape index (κ1) is 14.5. The minimum atomic E-state index is 0.0270. The lowest BCUT2D eigenvalue weighted by Crippen LogP contribution is -2.11. The second-order valence-electron chi connectivity index (χ2n) is 4.48. The van der Waals surface area contributed by atoms with Crippen LogP contribution in [0.3, 0.4) is 0 Å². The zero-order valence-corrected chi connectivity index (χ0v) is 11.9. The SMILES string of the molecule is O=C(CCCCCl)Nc1ccc(Cn2cncn2)cc1. The molecule has 0 aliphatic carbocycles. The molecule has 2 aromatic rings. The molecular formula is C14H17ClN4O. The zero-order chi connectivity index (χ0) is 14.2. The molecule has 5 nitrogen and oxygen atoms in total. The van der Waals surface area contributed by atoms with Crippen LogP contribution in [0.1, 0.15) is 24.8 Å². The number of halogens is 1. The molecular weight excluding hydrogens is 276 g/mol. The maximum atomic E-state index is 11.7. The number of nitrogens with one attached hydrogen (secondary N) is 1. The van der Waals surface area contributed by atoms with Crippen molar-refractivity contribution >= 4 is 23.2 Å². The van der Waals surface area contributed by atoms with E-state index in [0.29, 0.717) is 18.8 Å². The first-order valence-corrected chi connectivity index (χ1v) is 7.08. The molecule has 20 heavy (non-hydrogen) atoms. The van der Waals surface area contributed by atoms with Gasteiger partial charge in [-0.2, -0.15) is 5.10 Å². The summed E-state index contributed by atoms with van der Waals surface area (Å²) >= 11 is 5.58. The second kappa shape index (κ2) is 7.65. The average molecular weight is 293 g/mol. The summed E-state index contributed by atoms with van der Waals surface area (Å²) in [5.41, 5.74) is 1.92. The predicted molar refractivity (Wildman–Crippen MR) is 78.8 cm³/mol. The van der Waals surface area contributed by atoms with Gasteiger partial charge in [0, 0.05) is 18.0 Å². The van der Waals surface area contributed by atoms with E-state index in [-0.39, 0.29) is 5.91 Å². The van der Waals surface area contributed by atoms with Crippen LogP contribution >= 0.6 is 11.6 Å². The van der Waals surface area contributed by atoms with Crippen molar-refractivity contribution in [2.24, 2.45) is 0 Å². The van der Waals surface area contributed by atoms with Gasteiger partial charge in [0.25, 0.3) is 0 Å². The van der Waals surface area contributed by atoms with E-state index >= 15 is 0 Å². The number of carbonyl (C=O) groups excluding carboxylic acids is 1. The standard InChI is InChI=1S/C14H17ClN4O/c15-8-2-1-3-14(20)18-13-6-4-12(5-7-13)9-19-11-16-10-17-19/h4-7,10-11H,1-3,8-9H2,(H,18,20). The number of benzene rings is 1. The third-order valence-corrected chi connectivity index (χ3v) is 3.10. The molecule has 1 aromatic carbocycles. The number of amides is 1. The summed E-state index contributed by atoms with van der Waals surface area (Å²) in [5.74, 6) is 0.628. The van der Waals surface area contributed by atoms with Gasteiger partial charge in [-0.15, -0.1) is 11.6 Å². The molecule has 0 aliphatic rings. The molecule has 0 unspecified atom stereocenters. The molecule has 0 fully saturated rings. The van der Waals surface area contributed by atoms with Crippen molar-refractivity contribution in [3.63, 3.8) is 0 Å². The number of unbranched alkanes of at least 4 members (excludes halogenated alkanes) is 1. The Kier molecular flexibility index (Phi) is 5.55. The molecule has 0 radical (unpaired) electrons. The number of hydrogen-bond acceptors (Lipinski definition) is 3. The van der Waals surface area contributed by atoms with Crippen LogP contribution in [0.4, 0.5) is 5.69 Å². The lowest BCUT2D eigenvalue weighted by molar-refractivity contribution is -0.116. The summed E-state index contributed by atoms with van der Waals surface area (Å²) in [4.78, 5) is 15.5. The highest BCUT2D eigenvalue weighted by Crippen LogP contribution is 2.11. The van der Waals surface area contributed by atoms with Crippen LogP contribution in [-0.2, 0) is 11.3 Å². The summed E-state index contributed by atoms with van der Waals surface area (Å²) in [5, 5.41) is 6.92. The number of alkyl halides is 1. The van der Waals surface area contributed by atoms with Gasteiger partial charge in [0.1, 0.15) is 12.7 Å². The molecule has 2 rings (SSSR count). The van der Waals surface area contributed by atoms with E-state index in [0.717, 1.165) is 24.1 Å². The Bertz CT molecular complexity index is 525. The van der Waals surface area contributed by atoms with Gasteiger partial charge in [-0.3, -0.25) is 4.79 Å². The number of aromatic nitrogens is 3. The van der Waals surface area contributed by atoms with Gasteiger partial charge >= 0.3 is 0 Å². The predicted octanol–water partition coefficient (Wildman–Crippen LogP) is 2.67. The number of rotatable bonds is 7. The Morgan fingerprint density at radius 3 is 2.70 bits per heavy atom. The van der Waals surface area contributed by atoms with Gasteiger partial charge in [-0.1, -0.05) is 12.1 Å². The highest BCUT2D eigenvalue weighted by molar-refractivity contribution is 6.17. The topological polar surface area (TPSA) is 59.8 Å². The quantitative estimate of drug-likeness (QED) is 0.630. The Hall–Kier alpha value is -1.88. The summed E-state index contributed by atoms with van der Waals surface area (Å²) < 4.78 is 1.75. The molecule has 0 bridgehead atoms. The normalized spacial score (nSPS) is 10.4. The first-order valence-electron chi connectivity index (χ1n) is 6.55. The highest BCUT2D eigenvalue weighted by atomic mass is 35.5. The fraction of sp³-hybridized carbons (Fsp3) is 0.357. The minimum absolute atomic E-state index is 0.0270. The zero-order valence-electron chi connectivity index (χ0n) is 11.1. The smallest absolute Gasteiger partial charge is 0.224 e. The van der Waals surface area contributed by atoms with Gasteiger partial charge in [0.2, 0.25) is 5.91 Å². The number of anilines is 1. The van der Waals surface area contributed by atoms with Crippen LogP contribution in [-0.4, -0.2) is 26.6 Å². The van der Waals surface area contributed by atoms with Crippen LogP contribution in [0.15, 0.2) is 36.9 Å². The molecule has 0 saturated carbocycles. The van der Waals surface area contributed by atoms with Crippen LogP contribution in [0.25, 0.3) is 0 Å². The van der Waals surface area contributed by atoms with E-state index in [1.807, 2.05) is 24.3 Å². The van der Waals surface area contributed by atoms with Gasteiger partial charge in [-0.25, -0.2) is 9.67 Å². The summed E-state index contributed by atoms with van der Waals surface area (Å²) in [6, 6.07) is 7.73. The van der Waals surface area contributed by atoms with Crippen LogP contribution in [0.5, 0.6) is 0 Å². The largest absolute Gasteiger partial charge is 0.326 e. The van der Waals surface area contributed by atoms with E-state index in [9.17, 15) is 4.79 Å². The molecule has 0 saturated heterocycles. The maximum absolute atomic E-state index is 11.7. The van der Waals surface area contributed by atoms with Crippen molar-refractivity contribution in [3.05, 3.63) is 42.5 Å². The summed E-state index contributed by atoms with van der Waals surface area (Å²) in [6.07, 6.45) is 5.38. The van der Waals surface area contributed by atoms with E-state index in [4.69, 9.17) is 11.6 Å². The minimum Gasteiger partial charge on any atom is -0.326 e. The summed E-state index contributed by atoms with van der Waals surface area (Å²) in [7, 11) is 0. The molecule has 1 heterocycles. The Balaban J connectivity index is 1.83. The van der Waals surface area contributed by atoms with Crippen LogP contribution in [0.2, 0.25) is 0 Å². The van der Waals surface area contributed by atoms with Gasteiger partial charge in [0.05, 0.1) is 6.54 Å². The molecule has 6 heteroatoms. The molecule has 1 amide bonds. The third-order valence-electron chi connectivity index (χ3n) is 2.84. The number of nitrogens with zero attached hydrogens (tertiary/aromatic N) is 3. The lowest BCUT2D eigenvalue weighted by atomic mass is 10.2. The highest BCUT2D eigenvalue weighted by Gasteiger charge is 2.02. The van der Waals surface area contributed by atoms with Crippen molar-refractivity contribution in [1.29, 1.82) is 0 Å². The van der Waals surface area contributed by atoms with Crippen molar-refractivity contribution in [2.75, 3.05) is 11.2 Å². The molecule has 0 spiro atoms. The van der Waals surface area contributed by atoms with Gasteiger partial charge < -0.3 is 5.32 Å². The molecule has 0 atom stereocenters. The van der Waals surface area contributed by atoms with Crippen molar-refractivity contribution < 1.29 is 4.79 Å². The Morgan fingerprint density at radius 2 is 2.05 bits per heavy atom. The second-order valence-corrected chi connectivity index (χ2v) is 4.86. The molecule has 1 aromatic heterocycles. The number of hydrogen-bond donors (Lipinski definition) is 1. The first-order chi connectivity index (χ1) is 9.78. The van der Waals surface area contributed by atoms with Crippen molar-refractivity contribution in [1.82, 2.24) is 14.8 Å². The molecule has 1 N–H and O–H groups in total.